The number of hydrogen-bond donors (Lipinski definition) is 3. The zero-order chi connectivity index (χ0) is 22.1. The molecule has 10 heteroatoms. The first-order valence-electron chi connectivity index (χ1n) is 9.97. The third-order valence-electron chi connectivity index (χ3n) is 5.13. The number of H-pyrrole nitrogens is 1. The van der Waals surface area contributed by atoms with Crippen molar-refractivity contribution in [1.82, 2.24) is 25.1 Å². The van der Waals surface area contributed by atoms with Crippen LogP contribution in [0.25, 0.3) is 11.0 Å². The molecule has 4 aromatic rings. The van der Waals surface area contributed by atoms with Gasteiger partial charge in [-0.25, -0.2) is 9.97 Å². The number of benzene rings is 2. The molecule has 160 valence electrons. The zero-order valence-corrected chi connectivity index (χ0v) is 17.6. The van der Waals surface area contributed by atoms with Gasteiger partial charge in [0, 0.05) is 29.2 Å². The summed E-state index contributed by atoms with van der Waals surface area (Å²) in [7, 11) is 0. The van der Waals surface area contributed by atoms with Gasteiger partial charge in [-0.1, -0.05) is 29.8 Å². The van der Waals surface area contributed by atoms with E-state index in [1.807, 2.05) is 36.4 Å². The molecule has 0 aliphatic carbocycles. The lowest BCUT2D eigenvalue weighted by atomic mass is 10.2. The van der Waals surface area contributed by atoms with Crippen LogP contribution in [0.15, 0.2) is 54.9 Å². The molecule has 2 aromatic heterocycles. The topological polar surface area (TPSA) is 116 Å². The molecule has 0 spiro atoms. The van der Waals surface area contributed by atoms with Crippen LogP contribution in [0.2, 0.25) is 5.02 Å². The third-order valence-corrected chi connectivity index (χ3v) is 5.37. The highest BCUT2D eigenvalue weighted by atomic mass is 35.5. The van der Waals surface area contributed by atoms with Gasteiger partial charge in [0.1, 0.15) is 23.3 Å². The predicted molar refractivity (Wildman–Crippen MR) is 121 cm³/mol. The number of nitrogens with one attached hydrogen (secondary N) is 3. The lowest BCUT2D eigenvalue weighted by molar-refractivity contribution is -0.139. The first-order chi connectivity index (χ1) is 15.6. The van der Waals surface area contributed by atoms with E-state index < -0.39 is 0 Å². The summed E-state index contributed by atoms with van der Waals surface area (Å²) in [6.07, 6.45) is 1.99. The summed E-state index contributed by atoms with van der Waals surface area (Å²) in [4.78, 5) is 33.7. The number of rotatable bonds is 6. The van der Waals surface area contributed by atoms with Crippen LogP contribution in [0.3, 0.4) is 0 Å². The van der Waals surface area contributed by atoms with Crippen molar-refractivity contribution in [3.05, 3.63) is 65.4 Å². The molecule has 32 heavy (non-hydrogen) atoms. The Morgan fingerprint density at radius 1 is 0.969 bits per heavy atom. The quantitative estimate of drug-likeness (QED) is 0.380. The van der Waals surface area contributed by atoms with Gasteiger partial charge in [-0.2, -0.15) is 5.10 Å². The highest BCUT2D eigenvalue weighted by Gasteiger charge is 2.28. The minimum atomic E-state index is -0.137. The second-order valence-corrected chi connectivity index (χ2v) is 7.79. The maximum atomic E-state index is 11.9. The maximum absolute atomic E-state index is 11.9. The van der Waals surface area contributed by atoms with E-state index in [0.717, 1.165) is 16.9 Å². The van der Waals surface area contributed by atoms with E-state index in [9.17, 15) is 9.59 Å². The number of likely N-dealkylation sites (tertiary alicyclic amines) is 1. The van der Waals surface area contributed by atoms with Crippen LogP contribution < -0.4 is 10.6 Å². The maximum Gasteiger partial charge on any atom is 0.229 e. The van der Waals surface area contributed by atoms with Crippen molar-refractivity contribution >= 4 is 57.5 Å². The number of carbonyl (C=O) groups is 2. The number of fused-ring (bicyclic) bond motifs is 1. The average Bonchev–Trinajstić information content (AvgIpc) is 3.33. The molecule has 9 nitrogen and oxygen atoms in total. The van der Waals surface area contributed by atoms with Crippen molar-refractivity contribution in [3.63, 3.8) is 0 Å². The minimum absolute atomic E-state index is 0.137. The van der Waals surface area contributed by atoms with Crippen molar-refractivity contribution in [2.24, 2.45) is 0 Å². The van der Waals surface area contributed by atoms with Crippen LogP contribution in [-0.4, -0.2) is 36.9 Å². The second kappa shape index (κ2) is 8.27. The molecule has 0 atom stereocenters. The van der Waals surface area contributed by atoms with E-state index in [1.54, 1.807) is 12.1 Å². The first-order valence-corrected chi connectivity index (χ1v) is 10.4. The van der Waals surface area contributed by atoms with Crippen molar-refractivity contribution in [1.29, 1.82) is 0 Å². The molecule has 5 rings (SSSR count). The van der Waals surface area contributed by atoms with Gasteiger partial charge < -0.3 is 10.6 Å². The normalized spacial score (nSPS) is 13.7. The molecule has 1 aliphatic rings. The van der Waals surface area contributed by atoms with Gasteiger partial charge >= 0.3 is 0 Å². The van der Waals surface area contributed by atoms with Gasteiger partial charge in [0.15, 0.2) is 5.65 Å². The number of aromatic amines is 1. The fourth-order valence-electron chi connectivity index (χ4n) is 3.62. The van der Waals surface area contributed by atoms with Gasteiger partial charge in [0.05, 0.1) is 6.54 Å². The minimum Gasteiger partial charge on any atom is -0.340 e. The number of halogens is 1. The lowest BCUT2D eigenvalue weighted by Gasteiger charge is -2.15. The van der Waals surface area contributed by atoms with E-state index in [-0.39, 0.29) is 31.2 Å². The molecule has 0 bridgehead atoms. The van der Waals surface area contributed by atoms with Gasteiger partial charge in [-0.3, -0.25) is 19.6 Å². The summed E-state index contributed by atoms with van der Waals surface area (Å²) in [6.45, 7) is 0.252. The molecule has 2 aromatic carbocycles. The van der Waals surface area contributed by atoms with Crippen molar-refractivity contribution in [3.8, 4) is 0 Å². The molecule has 0 saturated carbocycles. The molecule has 0 radical (unpaired) electrons. The summed E-state index contributed by atoms with van der Waals surface area (Å²) < 4.78 is 0. The van der Waals surface area contributed by atoms with Crippen LogP contribution in [0, 0.1) is 0 Å². The molecule has 3 heterocycles. The Bertz CT molecular complexity index is 1320. The summed E-state index contributed by atoms with van der Waals surface area (Å²) in [6, 6.07) is 14.8. The number of carbonyl (C=O) groups excluding carboxylic acids is 2. The Labute approximate surface area is 187 Å². The molecule has 2 amide bonds. The highest BCUT2D eigenvalue weighted by Crippen LogP contribution is 2.30. The van der Waals surface area contributed by atoms with Gasteiger partial charge in [0.25, 0.3) is 0 Å². The van der Waals surface area contributed by atoms with E-state index in [2.05, 4.69) is 30.8 Å². The number of imide groups is 1. The summed E-state index contributed by atoms with van der Waals surface area (Å²) >= 11 is 6.09. The Hall–Kier alpha value is -3.98. The molecule has 3 N–H and O–H groups in total. The number of nitrogens with zero attached hydrogens (tertiary/aromatic N) is 4. The smallest absolute Gasteiger partial charge is 0.229 e. The number of anilines is 4. The van der Waals surface area contributed by atoms with Crippen molar-refractivity contribution in [2.45, 2.75) is 19.4 Å². The molecule has 1 fully saturated rings. The monoisotopic (exact) mass is 447 g/mol. The number of hydrogen-bond acceptors (Lipinski definition) is 7. The van der Waals surface area contributed by atoms with E-state index in [0.29, 0.717) is 27.7 Å². The summed E-state index contributed by atoms with van der Waals surface area (Å²) in [5.41, 5.74) is 2.89. The zero-order valence-electron chi connectivity index (χ0n) is 16.8. The standard InChI is InChI=1S/C22H18ClN7O2/c23-14-4-2-6-16(10-14)26-20-19-21(25-12-24-20)28-29-22(19)27-15-5-1-3-13(9-15)11-30-17(31)7-8-18(30)32/h1-6,9-10,12H,7-8,11H2,(H3,24,25,26,27,28,29). The average molecular weight is 448 g/mol. The number of amides is 2. The molecule has 1 saturated heterocycles. The first kappa shape index (κ1) is 20.0. The van der Waals surface area contributed by atoms with Crippen LogP contribution in [-0.2, 0) is 16.1 Å². The van der Waals surface area contributed by atoms with Crippen LogP contribution in [0.4, 0.5) is 23.0 Å². The van der Waals surface area contributed by atoms with Crippen LogP contribution >= 0.6 is 11.6 Å². The van der Waals surface area contributed by atoms with Crippen molar-refractivity contribution < 1.29 is 9.59 Å². The fraction of sp³-hybridized carbons (Fsp3) is 0.136. The highest BCUT2D eigenvalue weighted by molar-refractivity contribution is 6.30. The van der Waals surface area contributed by atoms with E-state index in [4.69, 9.17) is 11.6 Å². The Morgan fingerprint density at radius 2 is 1.72 bits per heavy atom. The van der Waals surface area contributed by atoms with Crippen molar-refractivity contribution in [2.75, 3.05) is 10.6 Å². The predicted octanol–water partition coefficient (Wildman–Crippen LogP) is 4.14. The summed E-state index contributed by atoms with van der Waals surface area (Å²) in [5, 5.41) is 15.1. The van der Waals surface area contributed by atoms with E-state index >= 15 is 0 Å². The van der Waals surface area contributed by atoms with Gasteiger partial charge in [-0.15, -0.1) is 0 Å². The van der Waals surface area contributed by atoms with E-state index in [1.165, 1.54) is 11.2 Å². The number of aromatic nitrogens is 4. The SMILES string of the molecule is O=C1CCC(=O)N1Cc1cccc(Nc2[nH]nc3ncnc(Nc4cccc(Cl)c4)c23)c1. The largest absolute Gasteiger partial charge is 0.340 e. The van der Waals surface area contributed by atoms with Crippen LogP contribution in [0.1, 0.15) is 18.4 Å². The molecule has 0 unspecified atom stereocenters. The third kappa shape index (κ3) is 3.97. The molecular formula is C22H18ClN7O2. The van der Waals surface area contributed by atoms with Gasteiger partial charge in [-0.05, 0) is 35.9 Å². The van der Waals surface area contributed by atoms with Gasteiger partial charge in [0.2, 0.25) is 11.8 Å². The Balaban J connectivity index is 1.42. The lowest BCUT2D eigenvalue weighted by Crippen LogP contribution is -2.28. The fourth-order valence-corrected chi connectivity index (χ4v) is 3.81. The molecular weight excluding hydrogens is 430 g/mol. The Kier molecular flexibility index (Phi) is 5.16. The second-order valence-electron chi connectivity index (χ2n) is 7.35. The summed E-state index contributed by atoms with van der Waals surface area (Å²) in [5.74, 6) is 0.900. The molecule has 1 aliphatic heterocycles. The van der Waals surface area contributed by atoms with Crippen LogP contribution in [0.5, 0.6) is 0 Å². The Morgan fingerprint density at radius 3 is 2.50 bits per heavy atom.